The summed E-state index contributed by atoms with van der Waals surface area (Å²) in [5, 5.41) is 0. The van der Waals surface area contributed by atoms with E-state index in [-0.39, 0.29) is 10.7 Å². The zero-order valence-corrected chi connectivity index (χ0v) is 14.0. The van der Waals surface area contributed by atoms with Crippen molar-refractivity contribution in [3.63, 3.8) is 0 Å². The van der Waals surface area contributed by atoms with Crippen molar-refractivity contribution < 1.29 is 13.2 Å². The van der Waals surface area contributed by atoms with E-state index in [0.29, 0.717) is 4.88 Å². The minimum atomic E-state index is -3.59. The Balaban J connectivity index is 2.24. The van der Waals surface area contributed by atoms with Gasteiger partial charge in [-0.15, -0.1) is 11.3 Å². The van der Waals surface area contributed by atoms with Gasteiger partial charge in [0.25, 0.3) is 0 Å². The maximum absolute atomic E-state index is 12.3. The van der Waals surface area contributed by atoms with E-state index in [2.05, 4.69) is 0 Å². The average Bonchev–Trinajstić information content (AvgIpc) is 2.90. The molecule has 0 aliphatic rings. The van der Waals surface area contributed by atoms with Crippen LogP contribution in [0, 0.1) is 13.8 Å². The van der Waals surface area contributed by atoms with Gasteiger partial charge in [-0.3, -0.25) is 4.79 Å². The Morgan fingerprint density at radius 1 is 1.10 bits per heavy atom. The van der Waals surface area contributed by atoms with Gasteiger partial charge in [0.1, 0.15) is 5.75 Å². The van der Waals surface area contributed by atoms with E-state index in [1.54, 1.807) is 24.3 Å². The normalized spacial score (nSPS) is 11.6. The van der Waals surface area contributed by atoms with Gasteiger partial charge in [-0.25, -0.2) is 8.42 Å². The summed E-state index contributed by atoms with van der Waals surface area (Å²) < 4.78 is 24.7. The fourth-order valence-electron chi connectivity index (χ4n) is 1.95. The predicted octanol–water partition coefficient (Wildman–Crippen LogP) is 3.58. The summed E-state index contributed by atoms with van der Waals surface area (Å²) in [6, 6.07) is 8.55. The second-order valence-electron chi connectivity index (χ2n) is 5.05. The van der Waals surface area contributed by atoms with E-state index in [1.807, 2.05) is 26.8 Å². The van der Waals surface area contributed by atoms with Gasteiger partial charge in [0.15, 0.2) is 15.6 Å². The molecule has 0 radical (unpaired) electrons. The average molecular weight is 322 g/mol. The van der Waals surface area contributed by atoms with Crippen LogP contribution >= 0.6 is 11.3 Å². The molecule has 0 aliphatic heterocycles. The van der Waals surface area contributed by atoms with E-state index in [1.165, 1.54) is 11.3 Å². The third kappa shape index (κ3) is 3.60. The summed E-state index contributed by atoms with van der Waals surface area (Å²) in [5.74, 6) is -0.808. The maximum atomic E-state index is 12.3. The summed E-state index contributed by atoms with van der Waals surface area (Å²) in [6.07, 6.45) is 0.849. The van der Waals surface area contributed by atoms with Gasteiger partial charge in [0.2, 0.25) is 0 Å². The number of hydrogen-bond donors (Lipinski definition) is 0. The summed E-state index contributed by atoms with van der Waals surface area (Å²) >= 11 is 1.37. The van der Waals surface area contributed by atoms with Crippen molar-refractivity contribution >= 4 is 27.0 Å². The summed E-state index contributed by atoms with van der Waals surface area (Å²) in [5.41, 5.74) is 1.94. The Morgan fingerprint density at radius 3 is 2.38 bits per heavy atom. The number of Topliss-reactive ketones (excluding diaryl/α,β-unsaturated/α-hetero) is 1. The Hall–Kier alpha value is -1.46. The van der Waals surface area contributed by atoms with Crippen molar-refractivity contribution in [1.29, 1.82) is 0 Å². The van der Waals surface area contributed by atoms with Gasteiger partial charge >= 0.3 is 0 Å². The molecule has 2 rings (SSSR count). The number of carbonyl (C=O) groups is 1. The molecule has 0 saturated carbocycles. The van der Waals surface area contributed by atoms with E-state index in [0.717, 1.165) is 22.4 Å². The van der Waals surface area contributed by atoms with Crippen LogP contribution in [0.3, 0.4) is 0 Å². The lowest BCUT2D eigenvalue weighted by atomic mass is 10.1. The van der Waals surface area contributed by atoms with Gasteiger partial charge in [-0.1, -0.05) is 13.0 Å². The molecular weight excluding hydrogens is 304 g/mol. The van der Waals surface area contributed by atoms with Crippen LogP contribution < -0.4 is 0 Å². The van der Waals surface area contributed by atoms with E-state index in [4.69, 9.17) is 0 Å². The van der Waals surface area contributed by atoms with Crippen molar-refractivity contribution in [2.45, 2.75) is 32.1 Å². The lowest BCUT2D eigenvalue weighted by Gasteiger charge is -2.06. The first kappa shape index (κ1) is 15.9. The molecule has 0 saturated heterocycles. The van der Waals surface area contributed by atoms with Crippen molar-refractivity contribution in [2.24, 2.45) is 0 Å². The highest BCUT2D eigenvalue weighted by atomic mass is 32.2. The monoisotopic (exact) mass is 322 g/mol. The van der Waals surface area contributed by atoms with E-state index in [9.17, 15) is 13.2 Å². The largest absolute Gasteiger partial charge is 0.292 e. The molecular formula is C16H18O3S2. The highest BCUT2D eigenvalue weighted by molar-refractivity contribution is 7.92. The maximum Gasteiger partial charge on any atom is 0.188 e. The Morgan fingerprint density at radius 2 is 1.81 bits per heavy atom. The minimum Gasteiger partial charge on any atom is -0.292 e. The van der Waals surface area contributed by atoms with E-state index < -0.39 is 15.6 Å². The van der Waals surface area contributed by atoms with Crippen LogP contribution in [-0.2, 0) is 16.3 Å². The summed E-state index contributed by atoms with van der Waals surface area (Å²) in [7, 11) is -3.59. The van der Waals surface area contributed by atoms with Crippen LogP contribution in [-0.4, -0.2) is 20.0 Å². The zero-order chi connectivity index (χ0) is 15.6. The third-order valence-corrected chi connectivity index (χ3v) is 6.33. The van der Waals surface area contributed by atoms with Crippen LogP contribution in [0.4, 0.5) is 0 Å². The number of aryl methyl sites for hydroxylation is 3. The molecule has 2 aromatic rings. The second kappa shape index (κ2) is 6.12. The molecule has 3 nitrogen and oxygen atoms in total. The molecule has 0 unspecified atom stereocenters. The Bertz CT molecular complexity index is 771. The number of hydrogen-bond acceptors (Lipinski definition) is 4. The van der Waals surface area contributed by atoms with Gasteiger partial charge in [0.05, 0.1) is 9.77 Å². The number of ketones is 1. The fourth-order valence-corrected chi connectivity index (χ4v) is 4.23. The standard InChI is InChI=1S/C16H18O3S2/c1-4-13-6-8-16(20-13)15(17)10-21(18,19)14-7-5-11(2)12(3)9-14/h5-9H,4,10H2,1-3H3. The molecule has 0 spiro atoms. The number of rotatable bonds is 5. The van der Waals surface area contributed by atoms with Crippen LogP contribution in [0.25, 0.3) is 0 Å². The SMILES string of the molecule is CCc1ccc(C(=O)CS(=O)(=O)c2ccc(C)c(C)c2)s1. The molecule has 0 atom stereocenters. The van der Waals surface area contributed by atoms with Gasteiger partial charge in [-0.2, -0.15) is 0 Å². The molecule has 0 N–H and O–H groups in total. The lowest BCUT2D eigenvalue weighted by Crippen LogP contribution is -2.15. The summed E-state index contributed by atoms with van der Waals surface area (Å²) in [6.45, 7) is 5.80. The molecule has 21 heavy (non-hydrogen) atoms. The first-order valence-corrected chi connectivity index (χ1v) is 9.22. The van der Waals surface area contributed by atoms with Gasteiger partial charge < -0.3 is 0 Å². The van der Waals surface area contributed by atoms with Gasteiger partial charge in [-0.05, 0) is 55.7 Å². The Kier molecular flexibility index (Phi) is 4.64. The third-order valence-electron chi connectivity index (χ3n) is 3.44. The first-order chi connectivity index (χ1) is 9.83. The molecule has 1 aromatic carbocycles. The molecule has 112 valence electrons. The van der Waals surface area contributed by atoms with Crippen LogP contribution in [0.15, 0.2) is 35.2 Å². The number of benzene rings is 1. The van der Waals surface area contributed by atoms with Crippen LogP contribution in [0.1, 0.15) is 32.6 Å². The first-order valence-electron chi connectivity index (χ1n) is 6.75. The highest BCUT2D eigenvalue weighted by Crippen LogP contribution is 2.21. The molecule has 0 bridgehead atoms. The molecule has 5 heteroatoms. The zero-order valence-electron chi connectivity index (χ0n) is 12.3. The number of sulfone groups is 1. The Labute approximate surface area is 129 Å². The minimum absolute atomic E-state index is 0.214. The van der Waals surface area contributed by atoms with Crippen molar-refractivity contribution in [2.75, 3.05) is 5.75 Å². The predicted molar refractivity (Wildman–Crippen MR) is 86.0 cm³/mol. The quantitative estimate of drug-likeness (QED) is 0.791. The molecule has 0 aliphatic carbocycles. The molecule has 1 aromatic heterocycles. The topological polar surface area (TPSA) is 51.2 Å². The lowest BCUT2D eigenvalue weighted by molar-refractivity contribution is 0.102. The second-order valence-corrected chi connectivity index (χ2v) is 8.21. The number of thiophene rings is 1. The van der Waals surface area contributed by atoms with Crippen LogP contribution in [0.5, 0.6) is 0 Å². The summed E-state index contributed by atoms with van der Waals surface area (Å²) in [4.78, 5) is 14.0. The van der Waals surface area contributed by atoms with Crippen molar-refractivity contribution in [1.82, 2.24) is 0 Å². The van der Waals surface area contributed by atoms with Crippen molar-refractivity contribution in [3.05, 3.63) is 51.2 Å². The smallest absolute Gasteiger partial charge is 0.188 e. The van der Waals surface area contributed by atoms with Crippen molar-refractivity contribution in [3.8, 4) is 0 Å². The highest BCUT2D eigenvalue weighted by Gasteiger charge is 2.21. The van der Waals surface area contributed by atoms with E-state index >= 15 is 0 Å². The van der Waals surface area contributed by atoms with Gasteiger partial charge in [0, 0.05) is 4.88 Å². The molecule has 1 heterocycles. The number of carbonyl (C=O) groups excluding carboxylic acids is 1. The fraction of sp³-hybridized carbons (Fsp3) is 0.312. The molecule has 0 fully saturated rings. The van der Waals surface area contributed by atoms with Crippen LogP contribution in [0.2, 0.25) is 0 Å². The molecule has 0 amide bonds.